The van der Waals surface area contributed by atoms with Gasteiger partial charge in [0, 0.05) is 12.6 Å². The second-order valence-electron chi connectivity index (χ2n) is 5.82. The normalized spacial score (nSPS) is 17.9. The fourth-order valence-electron chi connectivity index (χ4n) is 3.04. The Labute approximate surface area is 116 Å². The molecule has 1 aromatic rings. The Morgan fingerprint density at radius 1 is 1.32 bits per heavy atom. The van der Waals surface area contributed by atoms with Crippen LogP contribution < -0.4 is 5.32 Å². The molecule has 0 heterocycles. The van der Waals surface area contributed by atoms with Crippen LogP contribution >= 0.6 is 0 Å². The molecule has 0 saturated heterocycles. The molecule has 0 radical (unpaired) electrons. The van der Waals surface area contributed by atoms with Gasteiger partial charge in [-0.05, 0) is 55.9 Å². The Morgan fingerprint density at radius 2 is 2.05 bits per heavy atom. The van der Waals surface area contributed by atoms with Gasteiger partial charge in [0.1, 0.15) is 0 Å². The Balaban J connectivity index is 1.89. The maximum Gasteiger partial charge on any atom is 0.0991 e. The highest BCUT2D eigenvalue weighted by molar-refractivity contribution is 5.37. The smallest absolute Gasteiger partial charge is 0.0991 e. The van der Waals surface area contributed by atoms with Crippen molar-refractivity contribution in [2.45, 2.75) is 58.5 Å². The lowest BCUT2D eigenvalue weighted by Gasteiger charge is -2.28. The second kappa shape index (κ2) is 6.73. The van der Waals surface area contributed by atoms with E-state index >= 15 is 0 Å². The molecule has 0 bridgehead atoms. The third kappa shape index (κ3) is 3.81. The van der Waals surface area contributed by atoms with Crippen molar-refractivity contribution < 1.29 is 0 Å². The molecule has 19 heavy (non-hydrogen) atoms. The predicted octanol–water partition coefficient (Wildman–Crippen LogP) is 3.93. The lowest BCUT2D eigenvalue weighted by molar-refractivity contribution is 0.280. The zero-order chi connectivity index (χ0) is 13.7. The summed E-state index contributed by atoms with van der Waals surface area (Å²) in [5.41, 5.74) is 3.27. The lowest BCUT2D eigenvalue weighted by Crippen LogP contribution is -2.34. The maximum atomic E-state index is 8.88. The van der Waals surface area contributed by atoms with Crippen LogP contribution in [0, 0.1) is 24.2 Å². The van der Waals surface area contributed by atoms with Crippen LogP contribution in [0.15, 0.2) is 18.2 Å². The van der Waals surface area contributed by atoms with Gasteiger partial charge in [0.15, 0.2) is 0 Å². The number of nitrogens with one attached hydrogen (secondary N) is 1. The van der Waals surface area contributed by atoms with E-state index in [-0.39, 0.29) is 0 Å². The summed E-state index contributed by atoms with van der Waals surface area (Å²) >= 11 is 0. The zero-order valence-electron chi connectivity index (χ0n) is 12.1. The minimum atomic E-state index is 0.593. The van der Waals surface area contributed by atoms with E-state index < -0.39 is 0 Å². The molecule has 0 aliphatic heterocycles. The van der Waals surface area contributed by atoms with Gasteiger partial charge in [-0.3, -0.25) is 0 Å². The van der Waals surface area contributed by atoms with Crippen LogP contribution in [-0.2, 0) is 6.54 Å². The van der Waals surface area contributed by atoms with E-state index in [1.54, 1.807) is 0 Å². The van der Waals surface area contributed by atoms with Crippen LogP contribution in [0.25, 0.3) is 0 Å². The molecule has 1 aliphatic carbocycles. The summed E-state index contributed by atoms with van der Waals surface area (Å²) in [7, 11) is 0. The van der Waals surface area contributed by atoms with Crippen LogP contribution in [-0.4, -0.2) is 6.04 Å². The van der Waals surface area contributed by atoms with E-state index in [0.29, 0.717) is 6.04 Å². The highest BCUT2D eigenvalue weighted by atomic mass is 14.9. The molecule has 0 aromatic heterocycles. The Bertz CT molecular complexity index is 453. The first-order chi connectivity index (χ1) is 9.20. The molecule has 1 aromatic carbocycles. The number of rotatable bonds is 4. The molecule has 0 amide bonds. The van der Waals surface area contributed by atoms with Crippen LogP contribution in [0.4, 0.5) is 0 Å². The largest absolute Gasteiger partial charge is 0.310 e. The van der Waals surface area contributed by atoms with Gasteiger partial charge in [0.25, 0.3) is 0 Å². The van der Waals surface area contributed by atoms with E-state index in [0.717, 1.165) is 18.0 Å². The van der Waals surface area contributed by atoms with Crippen molar-refractivity contribution in [2.24, 2.45) is 5.92 Å². The molecule has 1 N–H and O–H groups in total. The molecule has 2 heteroatoms. The number of aryl methyl sites for hydroxylation is 1. The van der Waals surface area contributed by atoms with Crippen molar-refractivity contribution >= 4 is 0 Å². The lowest BCUT2D eigenvalue weighted by atomic mass is 9.84. The van der Waals surface area contributed by atoms with Gasteiger partial charge >= 0.3 is 0 Å². The average molecular weight is 256 g/mol. The number of benzene rings is 1. The molecule has 2 nitrogen and oxygen atoms in total. The fourth-order valence-corrected chi connectivity index (χ4v) is 3.04. The highest BCUT2D eigenvalue weighted by Crippen LogP contribution is 2.26. The van der Waals surface area contributed by atoms with Crippen LogP contribution in [0.5, 0.6) is 0 Å². The Morgan fingerprint density at radius 3 is 2.68 bits per heavy atom. The Kier molecular flexibility index (Phi) is 4.99. The monoisotopic (exact) mass is 256 g/mol. The van der Waals surface area contributed by atoms with Crippen molar-refractivity contribution in [3.05, 3.63) is 34.9 Å². The molecule has 1 saturated carbocycles. The topological polar surface area (TPSA) is 35.8 Å². The number of nitriles is 1. The molecule has 0 spiro atoms. The summed E-state index contributed by atoms with van der Waals surface area (Å²) < 4.78 is 0. The summed E-state index contributed by atoms with van der Waals surface area (Å²) in [4.78, 5) is 0. The molecule has 1 fully saturated rings. The summed E-state index contributed by atoms with van der Waals surface area (Å²) in [5.74, 6) is 0.840. The number of nitrogens with zero attached hydrogens (tertiary/aromatic N) is 1. The minimum Gasteiger partial charge on any atom is -0.310 e. The molecular formula is C17H24N2. The van der Waals surface area contributed by atoms with Gasteiger partial charge in [-0.25, -0.2) is 0 Å². The quantitative estimate of drug-likeness (QED) is 0.886. The van der Waals surface area contributed by atoms with Gasteiger partial charge in [0.2, 0.25) is 0 Å². The molecule has 1 atom stereocenters. The van der Waals surface area contributed by atoms with Gasteiger partial charge in [0.05, 0.1) is 11.6 Å². The molecule has 2 rings (SSSR count). The summed E-state index contributed by atoms with van der Waals surface area (Å²) in [6, 6.07) is 8.75. The standard InChI is InChI=1S/C17H24N2/c1-13-10-15(11-18)8-9-17(13)12-19-14(2)16-6-4-3-5-7-16/h8-10,14,16,19H,3-7,12H2,1-2H3/t14-/m1/s1. The van der Waals surface area contributed by atoms with E-state index in [1.165, 1.54) is 43.2 Å². The highest BCUT2D eigenvalue weighted by Gasteiger charge is 2.19. The fraction of sp³-hybridized carbons (Fsp3) is 0.588. The third-order valence-electron chi connectivity index (χ3n) is 4.44. The average Bonchev–Trinajstić information content (AvgIpc) is 2.46. The minimum absolute atomic E-state index is 0.593. The molecular weight excluding hydrogens is 232 g/mol. The van der Waals surface area contributed by atoms with E-state index in [1.807, 2.05) is 12.1 Å². The SMILES string of the molecule is Cc1cc(C#N)ccc1CN[C@H](C)C1CCCCC1. The third-order valence-corrected chi connectivity index (χ3v) is 4.44. The van der Waals surface area contributed by atoms with Gasteiger partial charge in [-0.15, -0.1) is 0 Å². The maximum absolute atomic E-state index is 8.88. The first-order valence-corrected chi connectivity index (χ1v) is 7.43. The first kappa shape index (κ1) is 14.1. The summed E-state index contributed by atoms with van der Waals surface area (Å²) in [6.07, 6.45) is 6.96. The van der Waals surface area contributed by atoms with Crippen molar-refractivity contribution in [2.75, 3.05) is 0 Å². The number of hydrogen-bond acceptors (Lipinski definition) is 2. The van der Waals surface area contributed by atoms with Crippen molar-refractivity contribution in [3.63, 3.8) is 0 Å². The zero-order valence-corrected chi connectivity index (χ0v) is 12.1. The Hall–Kier alpha value is -1.33. The van der Waals surface area contributed by atoms with Crippen molar-refractivity contribution in [1.29, 1.82) is 5.26 Å². The summed E-state index contributed by atoms with van der Waals surface area (Å²) in [6.45, 7) is 5.31. The van der Waals surface area contributed by atoms with Gasteiger partial charge in [-0.2, -0.15) is 5.26 Å². The van der Waals surface area contributed by atoms with E-state index in [2.05, 4.69) is 31.3 Å². The van der Waals surface area contributed by atoms with Crippen molar-refractivity contribution in [1.82, 2.24) is 5.32 Å². The van der Waals surface area contributed by atoms with E-state index in [4.69, 9.17) is 5.26 Å². The second-order valence-corrected chi connectivity index (χ2v) is 5.82. The first-order valence-electron chi connectivity index (χ1n) is 7.43. The van der Waals surface area contributed by atoms with Crippen LogP contribution in [0.2, 0.25) is 0 Å². The van der Waals surface area contributed by atoms with E-state index in [9.17, 15) is 0 Å². The molecule has 1 aliphatic rings. The van der Waals surface area contributed by atoms with Crippen LogP contribution in [0.1, 0.15) is 55.7 Å². The molecule has 102 valence electrons. The molecule has 0 unspecified atom stereocenters. The van der Waals surface area contributed by atoms with Gasteiger partial charge in [-0.1, -0.05) is 25.3 Å². The van der Waals surface area contributed by atoms with Crippen molar-refractivity contribution in [3.8, 4) is 6.07 Å². The number of hydrogen-bond donors (Lipinski definition) is 1. The summed E-state index contributed by atoms with van der Waals surface area (Å²) in [5, 5.41) is 12.5. The van der Waals surface area contributed by atoms with Gasteiger partial charge < -0.3 is 5.32 Å². The predicted molar refractivity (Wildman–Crippen MR) is 78.8 cm³/mol. The van der Waals surface area contributed by atoms with Crippen LogP contribution in [0.3, 0.4) is 0 Å².